The number of methoxy groups -OCH3 is 3. The molecule has 38 heavy (non-hydrogen) atoms. The summed E-state index contributed by atoms with van der Waals surface area (Å²) in [5, 5.41) is 0. The van der Waals surface area contributed by atoms with Crippen molar-refractivity contribution in [1.29, 1.82) is 0 Å². The Balaban J connectivity index is 2.26. The molecule has 0 aromatic heterocycles. The molecule has 0 saturated carbocycles. The maximum absolute atomic E-state index is 13.2. The summed E-state index contributed by atoms with van der Waals surface area (Å²) < 4.78 is 40.4. The summed E-state index contributed by atoms with van der Waals surface area (Å²) in [6.07, 6.45) is 9.36. The molecule has 0 spiro atoms. The predicted octanol–water partition coefficient (Wildman–Crippen LogP) is 6.01. The second-order valence-corrected chi connectivity index (χ2v) is 9.89. The van der Waals surface area contributed by atoms with Gasteiger partial charge in [-0.3, -0.25) is 0 Å². The quantitative estimate of drug-likeness (QED) is 0.136. The van der Waals surface area contributed by atoms with Crippen molar-refractivity contribution in [3.05, 3.63) is 48.1 Å². The number of carbonyl (C=O) groups excluding carboxylic acids is 1. The highest BCUT2D eigenvalue weighted by molar-refractivity contribution is 5.94. The number of hydrogen-bond donors (Lipinski definition) is 0. The van der Waals surface area contributed by atoms with Crippen molar-refractivity contribution in [2.24, 2.45) is 0 Å². The van der Waals surface area contributed by atoms with E-state index in [-0.39, 0.29) is 31.2 Å². The molecule has 8 nitrogen and oxygen atoms in total. The van der Waals surface area contributed by atoms with Gasteiger partial charge in [-0.15, -0.1) is 6.58 Å². The third-order valence-electron chi connectivity index (χ3n) is 6.27. The Labute approximate surface area is 228 Å². The van der Waals surface area contributed by atoms with E-state index in [9.17, 15) is 4.79 Å². The molecule has 1 heterocycles. The van der Waals surface area contributed by atoms with E-state index in [0.29, 0.717) is 42.7 Å². The van der Waals surface area contributed by atoms with E-state index in [1.165, 1.54) is 7.11 Å². The second-order valence-electron chi connectivity index (χ2n) is 9.89. The van der Waals surface area contributed by atoms with Gasteiger partial charge in [0, 0.05) is 19.6 Å². The molecule has 1 aliphatic rings. The molecule has 1 aromatic carbocycles. The van der Waals surface area contributed by atoms with Crippen LogP contribution in [0.15, 0.2) is 36.9 Å². The largest absolute Gasteiger partial charge is 0.497 e. The van der Waals surface area contributed by atoms with E-state index >= 15 is 0 Å². The molecule has 0 N–H and O–H groups in total. The van der Waals surface area contributed by atoms with Crippen molar-refractivity contribution in [3.8, 4) is 11.5 Å². The summed E-state index contributed by atoms with van der Waals surface area (Å²) in [6.45, 7) is 11.7. The third kappa shape index (κ3) is 9.42. The molecule has 0 unspecified atom stereocenters. The van der Waals surface area contributed by atoms with Gasteiger partial charge in [0.25, 0.3) is 0 Å². The smallest absolute Gasteiger partial charge is 0.342 e. The van der Waals surface area contributed by atoms with Gasteiger partial charge in [-0.05, 0) is 58.1 Å². The van der Waals surface area contributed by atoms with Crippen LogP contribution in [0.4, 0.5) is 0 Å². The average molecular weight is 535 g/mol. The summed E-state index contributed by atoms with van der Waals surface area (Å²) in [5.74, 6) is -0.135. The molecule has 1 fully saturated rings. The van der Waals surface area contributed by atoms with Gasteiger partial charge in [0.15, 0.2) is 5.79 Å². The number of esters is 1. The highest BCUT2D eigenvalue weighted by Gasteiger charge is 2.44. The van der Waals surface area contributed by atoms with Gasteiger partial charge in [0.2, 0.25) is 0 Å². The molecule has 214 valence electrons. The van der Waals surface area contributed by atoms with Gasteiger partial charge < -0.3 is 33.2 Å². The van der Waals surface area contributed by atoms with E-state index in [2.05, 4.69) is 25.7 Å². The Morgan fingerprint density at radius 2 is 1.95 bits per heavy atom. The predicted molar refractivity (Wildman–Crippen MR) is 147 cm³/mol. The van der Waals surface area contributed by atoms with Gasteiger partial charge in [0.1, 0.15) is 42.2 Å². The van der Waals surface area contributed by atoms with Crippen LogP contribution >= 0.6 is 0 Å². The lowest BCUT2D eigenvalue weighted by Gasteiger charge is -2.26. The number of allylic oxidation sites excluding steroid dienone is 1. The SMILES string of the molecule is C=CC[C@H](C)OC(=O)c1c(CCC[C@H](OCOC)[C@@H]2OC(C)(C)O[C@@H]2/C=C/CCC)cc(OC)cc1OC. The minimum absolute atomic E-state index is 0.141. The number of benzene rings is 1. The van der Waals surface area contributed by atoms with Crippen molar-refractivity contribution in [2.45, 2.75) is 96.4 Å². The number of unbranched alkanes of at least 4 members (excludes halogenated alkanes) is 1. The summed E-state index contributed by atoms with van der Waals surface area (Å²) in [7, 11) is 4.71. The van der Waals surface area contributed by atoms with Crippen molar-refractivity contribution < 1.29 is 38.0 Å². The topological polar surface area (TPSA) is 81.7 Å². The Morgan fingerprint density at radius 1 is 1.18 bits per heavy atom. The molecule has 2 rings (SSSR count). The first-order valence-electron chi connectivity index (χ1n) is 13.4. The fourth-order valence-electron chi connectivity index (χ4n) is 4.52. The molecular formula is C30H46O8. The Hall–Kier alpha value is -2.39. The molecule has 4 atom stereocenters. The number of carbonyl (C=O) groups is 1. The van der Waals surface area contributed by atoms with Crippen LogP contribution in [-0.2, 0) is 30.1 Å². The van der Waals surface area contributed by atoms with Gasteiger partial charge in [0.05, 0.1) is 20.3 Å². The second kappa shape index (κ2) is 15.9. The van der Waals surface area contributed by atoms with E-state index in [4.69, 9.17) is 33.2 Å². The summed E-state index contributed by atoms with van der Waals surface area (Å²) in [4.78, 5) is 13.2. The van der Waals surface area contributed by atoms with Gasteiger partial charge in [-0.2, -0.15) is 0 Å². The van der Waals surface area contributed by atoms with E-state index < -0.39 is 11.8 Å². The standard InChI is InChI=1S/C30H46O8/c1-9-11-12-16-25-28(38-30(4,5)37-25)24(35-20-32-6)17-13-15-22-18-23(33-7)19-26(34-8)27(22)29(31)36-21(3)14-10-2/h10,12,16,18-19,21,24-25,28H,2,9,11,13-15,17,20H2,1,3-8H3/b16-12+/t21-,24-,25+,28-/m0/s1. The summed E-state index contributed by atoms with van der Waals surface area (Å²) >= 11 is 0. The van der Waals surface area contributed by atoms with E-state index in [0.717, 1.165) is 18.4 Å². The first-order chi connectivity index (χ1) is 18.2. The van der Waals surface area contributed by atoms with Crippen molar-refractivity contribution in [3.63, 3.8) is 0 Å². The lowest BCUT2D eigenvalue weighted by molar-refractivity contribution is -0.170. The zero-order valence-corrected chi connectivity index (χ0v) is 24.1. The molecular weight excluding hydrogens is 488 g/mol. The van der Waals surface area contributed by atoms with Crippen molar-refractivity contribution in [1.82, 2.24) is 0 Å². The van der Waals surface area contributed by atoms with Crippen molar-refractivity contribution >= 4 is 5.97 Å². The highest BCUT2D eigenvalue weighted by Crippen LogP contribution is 2.35. The van der Waals surface area contributed by atoms with Crippen LogP contribution in [0.5, 0.6) is 11.5 Å². The lowest BCUT2D eigenvalue weighted by atomic mass is 9.96. The molecule has 0 amide bonds. The Morgan fingerprint density at radius 3 is 2.58 bits per heavy atom. The van der Waals surface area contributed by atoms with Crippen LogP contribution in [0, 0.1) is 0 Å². The Kier molecular flexibility index (Phi) is 13.3. The Bertz CT molecular complexity index is 910. The number of hydrogen-bond acceptors (Lipinski definition) is 8. The molecule has 1 aliphatic heterocycles. The van der Waals surface area contributed by atoms with Gasteiger partial charge >= 0.3 is 5.97 Å². The van der Waals surface area contributed by atoms with Gasteiger partial charge in [-0.1, -0.05) is 31.6 Å². The molecule has 8 heteroatoms. The maximum Gasteiger partial charge on any atom is 0.342 e. The zero-order valence-electron chi connectivity index (χ0n) is 24.1. The van der Waals surface area contributed by atoms with Gasteiger partial charge in [-0.25, -0.2) is 4.79 Å². The minimum Gasteiger partial charge on any atom is -0.497 e. The van der Waals surface area contributed by atoms with Crippen LogP contribution in [0.2, 0.25) is 0 Å². The van der Waals surface area contributed by atoms with E-state index in [1.807, 2.05) is 26.8 Å². The monoisotopic (exact) mass is 534 g/mol. The molecule has 0 radical (unpaired) electrons. The molecule has 0 bridgehead atoms. The normalized spacial score (nSPS) is 20.3. The summed E-state index contributed by atoms with van der Waals surface area (Å²) in [6, 6.07) is 3.55. The maximum atomic E-state index is 13.2. The van der Waals surface area contributed by atoms with Crippen LogP contribution in [0.3, 0.4) is 0 Å². The average Bonchev–Trinajstić information content (AvgIpc) is 3.19. The fraction of sp³-hybridized carbons (Fsp3) is 0.633. The third-order valence-corrected chi connectivity index (χ3v) is 6.27. The molecule has 1 saturated heterocycles. The first-order valence-corrected chi connectivity index (χ1v) is 13.4. The first kappa shape index (κ1) is 31.8. The number of rotatable bonds is 17. The van der Waals surface area contributed by atoms with Crippen LogP contribution in [-0.4, -0.2) is 64.3 Å². The molecule has 1 aromatic rings. The fourth-order valence-corrected chi connectivity index (χ4v) is 4.52. The van der Waals surface area contributed by atoms with E-state index in [1.54, 1.807) is 26.4 Å². The van der Waals surface area contributed by atoms with Crippen LogP contribution in [0.1, 0.15) is 75.7 Å². The summed E-state index contributed by atoms with van der Waals surface area (Å²) in [5.41, 5.74) is 1.19. The van der Waals surface area contributed by atoms with Crippen LogP contribution < -0.4 is 9.47 Å². The lowest BCUT2D eigenvalue weighted by Crippen LogP contribution is -2.37. The number of aryl methyl sites for hydroxylation is 1. The van der Waals surface area contributed by atoms with Crippen LogP contribution in [0.25, 0.3) is 0 Å². The number of ether oxygens (including phenoxy) is 7. The molecule has 0 aliphatic carbocycles. The minimum atomic E-state index is -0.722. The zero-order chi connectivity index (χ0) is 28.1. The highest BCUT2D eigenvalue weighted by atomic mass is 16.8. The van der Waals surface area contributed by atoms with Crippen molar-refractivity contribution in [2.75, 3.05) is 28.1 Å².